The van der Waals surface area contributed by atoms with Crippen molar-refractivity contribution in [2.75, 3.05) is 23.3 Å². The number of thioether (sulfide) groups is 1. The van der Waals surface area contributed by atoms with E-state index in [1.165, 1.54) is 11.3 Å². The van der Waals surface area contributed by atoms with Gasteiger partial charge in [-0.15, -0.1) is 0 Å². The highest BCUT2D eigenvalue weighted by molar-refractivity contribution is 9.10. The van der Waals surface area contributed by atoms with Gasteiger partial charge in [0.1, 0.15) is 6.54 Å². The molecule has 2 aliphatic heterocycles. The Morgan fingerprint density at radius 3 is 2.57 bits per heavy atom. The molecule has 0 bridgehead atoms. The SMILES string of the molecule is CCN1c2cc(C)c(/C=C3/SC(=O)N(CC(=O)Nc4ccc(Br)cc4)C3=O)cc2C(C)CC1(C)C. The van der Waals surface area contributed by atoms with Crippen LogP contribution in [0.3, 0.4) is 0 Å². The highest BCUT2D eigenvalue weighted by atomic mass is 79.9. The third kappa shape index (κ3) is 5.19. The number of aryl methyl sites for hydroxylation is 1. The predicted molar refractivity (Wildman–Crippen MR) is 147 cm³/mol. The van der Waals surface area contributed by atoms with Crippen LogP contribution in [0.25, 0.3) is 6.08 Å². The summed E-state index contributed by atoms with van der Waals surface area (Å²) in [7, 11) is 0. The molecule has 3 amide bonds. The highest BCUT2D eigenvalue weighted by Gasteiger charge is 2.38. The number of hydrogen-bond donors (Lipinski definition) is 1. The van der Waals surface area contributed by atoms with Crippen LogP contribution in [-0.2, 0) is 9.59 Å². The summed E-state index contributed by atoms with van der Waals surface area (Å²) in [6.07, 6.45) is 2.83. The Labute approximate surface area is 219 Å². The third-order valence-corrected chi connectivity index (χ3v) is 8.12. The Kier molecular flexibility index (Phi) is 7.16. The minimum absolute atomic E-state index is 0.0780. The fraction of sp³-hybridized carbons (Fsp3) is 0.370. The van der Waals surface area contributed by atoms with Crippen molar-refractivity contribution in [1.29, 1.82) is 0 Å². The van der Waals surface area contributed by atoms with Crippen LogP contribution >= 0.6 is 27.7 Å². The number of benzene rings is 2. The molecule has 6 nitrogen and oxygen atoms in total. The Hall–Kier alpha value is -2.58. The standard InChI is InChI=1S/C27H30BrN3O3S/c1-6-31-22-11-16(2)18(12-21(22)17(3)14-27(31,4)5)13-23-25(33)30(26(34)35-23)15-24(32)29-20-9-7-19(28)8-10-20/h7-13,17H,6,14-15H2,1-5H3,(H,29,32)/b23-13+. The van der Waals surface area contributed by atoms with Gasteiger partial charge in [-0.25, -0.2) is 0 Å². The van der Waals surface area contributed by atoms with E-state index in [4.69, 9.17) is 0 Å². The monoisotopic (exact) mass is 555 g/mol. The van der Waals surface area contributed by atoms with Crippen LogP contribution in [0.15, 0.2) is 45.8 Å². The number of carbonyl (C=O) groups is 3. The third-order valence-electron chi connectivity index (χ3n) is 6.68. The maximum Gasteiger partial charge on any atom is 0.294 e. The van der Waals surface area contributed by atoms with Gasteiger partial charge in [0.2, 0.25) is 5.91 Å². The molecule has 1 saturated heterocycles. The number of halogens is 1. The van der Waals surface area contributed by atoms with Crippen LogP contribution in [0.5, 0.6) is 0 Å². The van der Waals surface area contributed by atoms with Crippen molar-refractivity contribution in [2.24, 2.45) is 0 Å². The fourth-order valence-electron chi connectivity index (χ4n) is 5.06. The predicted octanol–water partition coefficient (Wildman–Crippen LogP) is 6.54. The summed E-state index contributed by atoms with van der Waals surface area (Å²) in [6.45, 7) is 11.6. The summed E-state index contributed by atoms with van der Waals surface area (Å²) < 4.78 is 0.893. The topological polar surface area (TPSA) is 69.7 Å². The van der Waals surface area contributed by atoms with Crippen molar-refractivity contribution >= 4 is 62.2 Å². The second-order valence-corrected chi connectivity index (χ2v) is 11.7. The van der Waals surface area contributed by atoms with Crippen molar-refractivity contribution in [2.45, 2.75) is 52.5 Å². The second kappa shape index (κ2) is 9.82. The minimum atomic E-state index is -0.438. The Balaban J connectivity index is 1.55. The molecule has 184 valence electrons. The Morgan fingerprint density at radius 2 is 1.91 bits per heavy atom. The summed E-state index contributed by atoms with van der Waals surface area (Å²) in [6, 6.07) is 11.5. The van der Waals surface area contributed by atoms with E-state index in [1.54, 1.807) is 30.3 Å². The van der Waals surface area contributed by atoms with E-state index in [1.807, 2.05) is 6.92 Å². The normalized spacial score (nSPS) is 20.4. The number of nitrogens with zero attached hydrogens (tertiary/aromatic N) is 2. The van der Waals surface area contributed by atoms with Crippen LogP contribution in [0.4, 0.5) is 16.2 Å². The van der Waals surface area contributed by atoms with E-state index in [2.05, 4.69) is 66.0 Å². The molecule has 1 unspecified atom stereocenters. The smallest absolute Gasteiger partial charge is 0.294 e. The molecule has 4 rings (SSSR count). The lowest BCUT2D eigenvalue weighted by Crippen LogP contribution is -2.48. The number of fused-ring (bicyclic) bond motifs is 1. The van der Waals surface area contributed by atoms with E-state index in [-0.39, 0.29) is 12.1 Å². The summed E-state index contributed by atoms with van der Waals surface area (Å²) >= 11 is 4.23. The molecule has 2 aromatic rings. The van der Waals surface area contributed by atoms with E-state index in [0.717, 1.165) is 45.2 Å². The van der Waals surface area contributed by atoms with Crippen LogP contribution in [0.1, 0.15) is 56.7 Å². The van der Waals surface area contributed by atoms with Crippen molar-refractivity contribution < 1.29 is 14.4 Å². The second-order valence-electron chi connectivity index (χ2n) is 9.75. The van der Waals surface area contributed by atoms with Gasteiger partial charge in [-0.2, -0.15) is 0 Å². The van der Waals surface area contributed by atoms with E-state index in [0.29, 0.717) is 16.5 Å². The molecule has 2 aliphatic rings. The largest absolute Gasteiger partial charge is 0.366 e. The number of nitrogens with one attached hydrogen (secondary N) is 1. The number of rotatable bonds is 5. The average molecular weight is 557 g/mol. The molecule has 2 heterocycles. The lowest BCUT2D eigenvalue weighted by molar-refractivity contribution is -0.127. The van der Waals surface area contributed by atoms with Crippen LogP contribution in [-0.4, -0.2) is 40.6 Å². The summed E-state index contributed by atoms with van der Waals surface area (Å²) in [5.74, 6) is -0.475. The van der Waals surface area contributed by atoms with Crippen molar-refractivity contribution in [3.8, 4) is 0 Å². The van der Waals surface area contributed by atoms with E-state index in [9.17, 15) is 14.4 Å². The van der Waals surface area contributed by atoms with Gasteiger partial charge in [0.15, 0.2) is 0 Å². The van der Waals surface area contributed by atoms with Crippen molar-refractivity contribution in [1.82, 2.24) is 4.90 Å². The molecule has 0 aliphatic carbocycles. The molecule has 8 heteroatoms. The number of carbonyl (C=O) groups excluding carboxylic acids is 3. The van der Waals surface area contributed by atoms with Gasteiger partial charge in [-0.3, -0.25) is 19.3 Å². The number of anilines is 2. The first kappa shape index (κ1) is 25.5. The Bertz CT molecular complexity index is 1220. The minimum Gasteiger partial charge on any atom is -0.366 e. The number of amides is 3. The maximum atomic E-state index is 13.0. The molecule has 0 saturated carbocycles. The highest BCUT2D eigenvalue weighted by Crippen LogP contribution is 2.45. The zero-order chi connectivity index (χ0) is 25.5. The molecule has 0 radical (unpaired) electrons. The molecule has 1 fully saturated rings. The van der Waals surface area contributed by atoms with Crippen LogP contribution in [0, 0.1) is 6.92 Å². The van der Waals surface area contributed by atoms with Gasteiger partial charge >= 0.3 is 0 Å². The fourth-order valence-corrected chi connectivity index (χ4v) is 6.15. The molecule has 0 aromatic heterocycles. The molecule has 0 spiro atoms. The van der Waals surface area contributed by atoms with Crippen LogP contribution in [0.2, 0.25) is 0 Å². The number of hydrogen-bond acceptors (Lipinski definition) is 5. The molecule has 1 atom stereocenters. The lowest BCUT2D eigenvalue weighted by Gasteiger charge is -2.47. The number of imide groups is 1. The van der Waals surface area contributed by atoms with Gasteiger partial charge < -0.3 is 10.2 Å². The molecular formula is C27H30BrN3O3S. The van der Waals surface area contributed by atoms with Crippen molar-refractivity contribution in [3.05, 3.63) is 62.5 Å². The summed E-state index contributed by atoms with van der Waals surface area (Å²) in [4.78, 5) is 41.8. The van der Waals surface area contributed by atoms with Gasteiger partial charge in [0.05, 0.1) is 4.91 Å². The van der Waals surface area contributed by atoms with Gasteiger partial charge in [-0.05, 0) is 111 Å². The van der Waals surface area contributed by atoms with E-state index >= 15 is 0 Å². The Morgan fingerprint density at radius 1 is 1.23 bits per heavy atom. The van der Waals surface area contributed by atoms with Gasteiger partial charge in [0, 0.05) is 27.9 Å². The lowest BCUT2D eigenvalue weighted by atomic mass is 9.79. The molecule has 1 N–H and O–H groups in total. The van der Waals surface area contributed by atoms with Crippen molar-refractivity contribution in [3.63, 3.8) is 0 Å². The first-order chi connectivity index (χ1) is 16.5. The molecular weight excluding hydrogens is 526 g/mol. The van der Waals surface area contributed by atoms with E-state index < -0.39 is 17.1 Å². The quantitative estimate of drug-likeness (QED) is 0.424. The first-order valence-corrected chi connectivity index (χ1v) is 13.3. The maximum absolute atomic E-state index is 13.0. The van der Waals surface area contributed by atoms with Gasteiger partial charge in [0.25, 0.3) is 11.1 Å². The van der Waals surface area contributed by atoms with Gasteiger partial charge in [-0.1, -0.05) is 22.9 Å². The first-order valence-electron chi connectivity index (χ1n) is 11.7. The zero-order valence-electron chi connectivity index (χ0n) is 20.6. The van der Waals surface area contributed by atoms with Crippen LogP contribution < -0.4 is 10.2 Å². The molecule has 2 aromatic carbocycles. The zero-order valence-corrected chi connectivity index (χ0v) is 23.0. The summed E-state index contributed by atoms with van der Waals surface area (Å²) in [5.41, 5.74) is 5.15. The summed E-state index contributed by atoms with van der Waals surface area (Å²) in [5, 5.41) is 2.29. The molecule has 35 heavy (non-hydrogen) atoms. The average Bonchev–Trinajstić information content (AvgIpc) is 3.03.